The van der Waals surface area contributed by atoms with Crippen LogP contribution in [-0.2, 0) is 9.36 Å². The maximum Gasteiger partial charge on any atom is 0.274 e. The molecule has 0 saturated heterocycles. The quantitative estimate of drug-likeness (QED) is 0.187. The molecule has 5 aromatic rings. The summed E-state index contributed by atoms with van der Waals surface area (Å²) in [6, 6.07) is 35.7. The third-order valence-electron chi connectivity index (χ3n) is 5.99. The largest absolute Gasteiger partial charge is 0.317 e. The zero-order valence-electron chi connectivity index (χ0n) is 20.7. The van der Waals surface area contributed by atoms with Crippen molar-refractivity contribution in [2.45, 2.75) is 0 Å². The zero-order valence-corrected chi connectivity index (χ0v) is 22.4. The molecule has 2 amide bonds. The first kappa shape index (κ1) is 26.0. The predicted molar refractivity (Wildman–Crippen MR) is 158 cm³/mol. The molecule has 0 saturated carbocycles. The number of benzene rings is 4. The molecule has 1 aromatic heterocycles. The molecule has 1 heterocycles. The van der Waals surface area contributed by atoms with Gasteiger partial charge in [0.05, 0.1) is 5.31 Å². The molecule has 39 heavy (non-hydrogen) atoms. The van der Waals surface area contributed by atoms with Crippen molar-refractivity contribution in [3.05, 3.63) is 150 Å². The predicted octanol–water partition coefficient (Wildman–Crippen LogP) is 5.89. The van der Waals surface area contributed by atoms with Gasteiger partial charge in [-0.2, -0.15) is 0 Å². The maximum absolute atomic E-state index is 15.6. The van der Waals surface area contributed by atoms with Crippen LogP contribution in [0.15, 0.2) is 139 Å². The van der Waals surface area contributed by atoms with Gasteiger partial charge in [0.1, 0.15) is 5.70 Å². The molecule has 6 nitrogen and oxygen atoms in total. The van der Waals surface area contributed by atoms with Crippen LogP contribution in [0.4, 0.5) is 5.13 Å². The summed E-state index contributed by atoms with van der Waals surface area (Å²) in [6.45, 7) is 0. The van der Waals surface area contributed by atoms with Crippen LogP contribution < -0.4 is 21.2 Å². The minimum absolute atomic E-state index is 0.110. The molecule has 0 spiro atoms. The first-order valence-electron chi connectivity index (χ1n) is 12.2. The average molecular weight is 550 g/mol. The number of aromatic nitrogens is 1. The van der Waals surface area contributed by atoms with Crippen molar-refractivity contribution in [3.63, 3.8) is 0 Å². The minimum Gasteiger partial charge on any atom is -0.317 e. The van der Waals surface area contributed by atoms with Crippen molar-refractivity contribution in [2.24, 2.45) is 0 Å². The van der Waals surface area contributed by atoms with Crippen molar-refractivity contribution >= 4 is 51.3 Å². The van der Waals surface area contributed by atoms with Gasteiger partial charge in [0.2, 0.25) is 0 Å². The Balaban J connectivity index is 1.82. The van der Waals surface area contributed by atoms with Crippen LogP contribution in [0.25, 0.3) is 5.31 Å². The summed E-state index contributed by atoms with van der Waals surface area (Å²) in [5.74, 6) is -1.12. The highest BCUT2D eigenvalue weighted by atomic mass is 32.1. The van der Waals surface area contributed by atoms with Gasteiger partial charge in [0, 0.05) is 27.7 Å². The third kappa shape index (κ3) is 5.65. The summed E-state index contributed by atoms with van der Waals surface area (Å²) >= 11 is 1.24. The first-order chi connectivity index (χ1) is 19.1. The molecule has 0 aliphatic carbocycles. The lowest BCUT2D eigenvalue weighted by atomic mass is 10.1. The van der Waals surface area contributed by atoms with Gasteiger partial charge in [-0.1, -0.05) is 109 Å². The van der Waals surface area contributed by atoms with E-state index in [1.807, 2.05) is 54.6 Å². The fraction of sp³-hybridized carbons (Fsp3) is 0. The smallest absolute Gasteiger partial charge is 0.274 e. The first-order valence-corrected chi connectivity index (χ1v) is 14.7. The van der Waals surface area contributed by atoms with Crippen LogP contribution in [-0.4, -0.2) is 16.8 Å². The van der Waals surface area contributed by atoms with Crippen molar-refractivity contribution in [1.29, 1.82) is 0 Å². The molecule has 0 radical (unpaired) electrons. The van der Waals surface area contributed by atoms with Gasteiger partial charge in [-0.05, 0) is 17.7 Å². The summed E-state index contributed by atoms with van der Waals surface area (Å²) in [4.78, 5) is 31.6. The molecule has 0 atom stereocenters. The van der Waals surface area contributed by atoms with E-state index in [0.717, 1.165) is 0 Å². The lowest BCUT2D eigenvalue weighted by molar-refractivity contribution is -0.113. The van der Waals surface area contributed by atoms with Crippen molar-refractivity contribution < 1.29 is 14.2 Å². The monoisotopic (exact) mass is 549 g/mol. The summed E-state index contributed by atoms with van der Waals surface area (Å²) < 4.78 is 15.6. The van der Waals surface area contributed by atoms with E-state index in [9.17, 15) is 9.59 Å². The van der Waals surface area contributed by atoms with Crippen molar-refractivity contribution in [3.8, 4) is 0 Å². The van der Waals surface area contributed by atoms with Gasteiger partial charge in [0.25, 0.3) is 11.8 Å². The van der Waals surface area contributed by atoms with Crippen LogP contribution in [0.2, 0.25) is 0 Å². The van der Waals surface area contributed by atoms with Crippen molar-refractivity contribution in [1.82, 2.24) is 10.3 Å². The Bertz CT molecular complexity index is 1600. The van der Waals surface area contributed by atoms with Crippen LogP contribution in [0.1, 0.15) is 15.9 Å². The molecule has 0 aliphatic heterocycles. The van der Waals surface area contributed by atoms with Gasteiger partial charge < -0.3 is 9.88 Å². The lowest BCUT2D eigenvalue weighted by Gasteiger charge is -2.26. The molecule has 0 aliphatic rings. The average Bonchev–Trinajstić information content (AvgIpc) is 3.51. The standard InChI is InChI=1S/C31H24N3O3PS/c35-29(24-15-7-2-8-16-24)33-27(30(36)34-31-32-21-22-39-31)28(23-13-5-1-6-14-23)38(37,25-17-9-3-10-18-25)26-19-11-4-12-20-26/h1-22H,(H,33,35)(H,32,34,36)/b28-27+. The van der Waals surface area contributed by atoms with Gasteiger partial charge in [-0.25, -0.2) is 4.98 Å². The Hall–Kier alpha value is -4.58. The molecule has 0 unspecified atom stereocenters. The fourth-order valence-corrected chi connectivity index (χ4v) is 7.71. The SMILES string of the molecule is O=C(Nc1nccs1)/C(NC(=O)c1ccccc1)=C(/c1ccccc1)P(=O)(c1ccccc1)c1ccccc1. The summed E-state index contributed by atoms with van der Waals surface area (Å²) in [7, 11) is -3.72. The molecule has 4 aromatic carbocycles. The number of hydrogen-bond donors (Lipinski definition) is 2. The highest BCUT2D eigenvalue weighted by Crippen LogP contribution is 2.57. The van der Waals surface area contributed by atoms with Crippen molar-refractivity contribution in [2.75, 3.05) is 5.32 Å². The Morgan fingerprint density at radius 3 is 1.64 bits per heavy atom. The number of carbonyl (C=O) groups is 2. The number of nitrogens with zero attached hydrogens (tertiary/aromatic N) is 1. The molecule has 5 rings (SSSR count). The van der Waals surface area contributed by atoms with E-state index in [2.05, 4.69) is 15.6 Å². The Labute approximate surface area is 230 Å². The van der Waals surface area contributed by atoms with Gasteiger partial charge in [-0.15, -0.1) is 11.3 Å². The third-order valence-corrected chi connectivity index (χ3v) is 9.84. The Morgan fingerprint density at radius 2 is 1.15 bits per heavy atom. The van der Waals surface area contributed by atoms with E-state index in [1.165, 1.54) is 11.3 Å². The molecule has 0 bridgehead atoms. The minimum atomic E-state index is -3.72. The fourth-order valence-electron chi connectivity index (χ4n) is 4.21. The van der Waals surface area contributed by atoms with Crippen LogP contribution >= 0.6 is 18.5 Å². The lowest BCUT2D eigenvalue weighted by Crippen LogP contribution is -2.33. The second kappa shape index (κ2) is 11.9. The number of rotatable bonds is 8. The maximum atomic E-state index is 15.6. The number of anilines is 1. The van der Waals surface area contributed by atoms with Crippen LogP contribution in [0.5, 0.6) is 0 Å². The van der Waals surface area contributed by atoms with Crippen LogP contribution in [0, 0.1) is 0 Å². The van der Waals surface area contributed by atoms with E-state index in [1.54, 1.807) is 78.3 Å². The Morgan fingerprint density at radius 1 is 0.667 bits per heavy atom. The summed E-state index contributed by atoms with van der Waals surface area (Å²) in [6.07, 6.45) is 1.57. The number of nitrogens with one attached hydrogen (secondary N) is 2. The van der Waals surface area contributed by atoms with E-state index in [-0.39, 0.29) is 11.0 Å². The topological polar surface area (TPSA) is 88.2 Å². The molecule has 0 fully saturated rings. The van der Waals surface area contributed by atoms with Crippen LogP contribution in [0.3, 0.4) is 0 Å². The van der Waals surface area contributed by atoms with E-state index >= 15 is 4.57 Å². The van der Waals surface area contributed by atoms with E-state index in [4.69, 9.17) is 0 Å². The summed E-state index contributed by atoms with van der Waals surface area (Å²) in [5, 5.41) is 8.97. The van der Waals surface area contributed by atoms with E-state index in [0.29, 0.717) is 26.9 Å². The zero-order chi connectivity index (χ0) is 27.1. The second-order valence-electron chi connectivity index (χ2n) is 8.48. The molecule has 2 N–H and O–H groups in total. The Kier molecular flexibility index (Phi) is 7.92. The van der Waals surface area contributed by atoms with E-state index < -0.39 is 19.0 Å². The van der Waals surface area contributed by atoms with Gasteiger partial charge >= 0.3 is 0 Å². The molecular weight excluding hydrogens is 525 g/mol. The summed E-state index contributed by atoms with van der Waals surface area (Å²) in [5.41, 5.74) is 0.797. The highest BCUT2D eigenvalue weighted by Gasteiger charge is 2.38. The van der Waals surface area contributed by atoms with Gasteiger partial charge in [0.15, 0.2) is 12.3 Å². The normalized spacial score (nSPS) is 11.8. The van der Waals surface area contributed by atoms with Gasteiger partial charge in [-0.3, -0.25) is 14.9 Å². The number of thiazole rings is 1. The number of hydrogen-bond acceptors (Lipinski definition) is 5. The highest BCUT2D eigenvalue weighted by molar-refractivity contribution is 7.87. The molecule has 8 heteroatoms. The number of amides is 2. The molecule has 192 valence electrons. The second-order valence-corrected chi connectivity index (χ2v) is 12.1. The number of carbonyl (C=O) groups excluding carboxylic acids is 2. The molecular formula is C31H24N3O3PS.